The van der Waals surface area contributed by atoms with Crippen LogP contribution in [0.2, 0.25) is 0 Å². The Morgan fingerprint density at radius 3 is 2.45 bits per heavy atom. The van der Waals surface area contributed by atoms with Crippen LogP contribution in [0.25, 0.3) is 11.4 Å². The number of ether oxygens (including phenoxy) is 2. The number of nitrogens with one attached hydrogen (secondary N) is 1. The Bertz CT molecular complexity index is 1090. The largest absolute Gasteiger partial charge is 0.493 e. The van der Waals surface area contributed by atoms with Gasteiger partial charge in [0.15, 0.2) is 17.3 Å². The van der Waals surface area contributed by atoms with Crippen molar-refractivity contribution < 1.29 is 14.3 Å². The lowest BCUT2D eigenvalue weighted by atomic mass is 10.1. The molecule has 1 amide bonds. The maximum absolute atomic E-state index is 11.2. The van der Waals surface area contributed by atoms with E-state index < -0.39 is 0 Å². The standard InChI is InChI=1S/C20H19N5O3S/c1-12(26)21-15-7-4-13(5-8-15)16-11-29-20-23-22-19(25(20)24-16)14-6-9-17(27-2)18(10-14)28-3/h4-10H,11H2,1-3H3,(H,21,26). The van der Waals surface area contributed by atoms with Crippen LogP contribution in [0.5, 0.6) is 11.5 Å². The van der Waals surface area contributed by atoms with E-state index in [-0.39, 0.29) is 5.91 Å². The quantitative estimate of drug-likeness (QED) is 0.695. The number of methoxy groups -OCH3 is 2. The van der Waals surface area contributed by atoms with Crippen LogP contribution in [0.3, 0.4) is 0 Å². The highest BCUT2D eigenvalue weighted by molar-refractivity contribution is 7.99. The first-order valence-corrected chi connectivity index (χ1v) is 9.84. The minimum absolute atomic E-state index is 0.1000. The fourth-order valence-corrected chi connectivity index (χ4v) is 3.81. The number of nitrogens with zero attached hydrogens (tertiary/aromatic N) is 4. The van der Waals surface area contributed by atoms with Crippen molar-refractivity contribution in [1.29, 1.82) is 0 Å². The SMILES string of the molecule is COc1ccc(-c2nnc3n2N=C(c2ccc(NC(C)=O)cc2)CS3)cc1OC. The van der Waals surface area contributed by atoms with Gasteiger partial charge in [0, 0.05) is 23.9 Å². The number of benzene rings is 2. The van der Waals surface area contributed by atoms with Crippen LogP contribution in [-0.2, 0) is 4.79 Å². The smallest absolute Gasteiger partial charge is 0.221 e. The Labute approximate surface area is 171 Å². The third-order valence-corrected chi connectivity index (χ3v) is 5.28. The summed E-state index contributed by atoms with van der Waals surface area (Å²) >= 11 is 1.57. The number of thioether (sulfide) groups is 1. The first-order chi connectivity index (χ1) is 14.1. The molecule has 0 bridgehead atoms. The lowest BCUT2D eigenvalue weighted by Crippen LogP contribution is -2.14. The van der Waals surface area contributed by atoms with E-state index in [0.29, 0.717) is 23.1 Å². The van der Waals surface area contributed by atoms with Gasteiger partial charge in [-0.2, -0.15) is 9.78 Å². The number of aromatic nitrogens is 3. The van der Waals surface area contributed by atoms with Gasteiger partial charge >= 0.3 is 0 Å². The van der Waals surface area contributed by atoms with Crippen LogP contribution in [0, 0.1) is 0 Å². The molecule has 1 aliphatic rings. The van der Waals surface area contributed by atoms with E-state index in [0.717, 1.165) is 27.7 Å². The second-order valence-corrected chi connectivity index (χ2v) is 7.22. The lowest BCUT2D eigenvalue weighted by Gasteiger charge is -2.15. The molecule has 0 atom stereocenters. The molecule has 0 saturated heterocycles. The Balaban J connectivity index is 1.68. The molecule has 4 rings (SSSR count). The number of rotatable bonds is 5. The number of anilines is 1. The number of hydrogen-bond donors (Lipinski definition) is 1. The second kappa shape index (κ2) is 7.96. The number of hydrogen-bond acceptors (Lipinski definition) is 7. The molecule has 0 spiro atoms. The van der Waals surface area contributed by atoms with Gasteiger partial charge in [-0.25, -0.2) is 0 Å². The molecule has 0 unspecified atom stereocenters. The van der Waals surface area contributed by atoms with Gasteiger partial charge in [0.1, 0.15) is 0 Å². The zero-order chi connectivity index (χ0) is 20.4. The van der Waals surface area contributed by atoms with Crippen molar-refractivity contribution >= 4 is 29.1 Å². The monoisotopic (exact) mass is 409 g/mol. The predicted molar refractivity (Wildman–Crippen MR) is 112 cm³/mol. The van der Waals surface area contributed by atoms with Crippen molar-refractivity contribution in [3.63, 3.8) is 0 Å². The Morgan fingerprint density at radius 1 is 1.03 bits per heavy atom. The second-order valence-electron chi connectivity index (χ2n) is 6.28. The van der Waals surface area contributed by atoms with E-state index in [1.165, 1.54) is 6.92 Å². The molecule has 8 nitrogen and oxygen atoms in total. The summed E-state index contributed by atoms with van der Waals surface area (Å²) in [7, 11) is 3.19. The van der Waals surface area contributed by atoms with Crippen molar-refractivity contribution in [1.82, 2.24) is 14.9 Å². The van der Waals surface area contributed by atoms with Gasteiger partial charge in [0.2, 0.25) is 11.1 Å². The Kier molecular flexibility index (Phi) is 5.22. The van der Waals surface area contributed by atoms with E-state index in [9.17, 15) is 4.79 Å². The van der Waals surface area contributed by atoms with Crippen LogP contribution in [0.1, 0.15) is 12.5 Å². The van der Waals surface area contributed by atoms with Gasteiger partial charge in [0.25, 0.3) is 0 Å². The molecule has 3 aromatic rings. The highest BCUT2D eigenvalue weighted by Crippen LogP contribution is 2.34. The van der Waals surface area contributed by atoms with Crippen molar-refractivity contribution in [3.05, 3.63) is 48.0 Å². The fourth-order valence-electron chi connectivity index (χ4n) is 2.97. The van der Waals surface area contributed by atoms with Gasteiger partial charge in [0.05, 0.1) is 19.9 Å². The van der Waals surface area contributed by atoms with Crippen molar-refractivity contribution in [2.45, 2.75) is 12.1 Å². The van der Waals surface area contributed by atoms with Crippen molar-refractivity contribution in [2.75, 3.05) is 25.3 Å². The molecule has 9 heteroatoms. The molecule has 1 aromatic heterocycles. The molecule has 2 aromatic carbocycles. The first-order valence-electron chi connectivity index (χ1n) is 8.85. The van der Waals surface area contributed by atoms with Crippen molar-refractivity contribution in [3.8, 4) is 22.9 Å². The zero-order valence-electron chi connectivity index (χ0n) is 16.2. The molecule has 29 heavy (non-hydrogen) atoms. The Morgan fingerprint density at radius 2 is 1.76 bits per heavy atom. The molecule has 1 aliphatic heterocycles. The average Bonchev–Trinajstić information content (AvgIpc) is 3.16. The lowest BCUT2D eigenvalue weighted by molar-refractivity contribution is -0.114. The van der Waals surface area contributed by atoms with Crippen molar-refractivity contribution in [2.24, 2.45) is 5.10 Å². The van der Waals surface area contributed by atoms with E-state index in [2.05, 4.69) is 15.5 Å². The maximum atomic E-state index is 11.2. The van der Waals surface area contributed by atoms with Gasteiger partial charge in [-0.15, -0.1) is 10.2 Å². The summed E-state index contributed by atoms with van der Waals surface area (Å²) in [5, 5.41) is 16.8. The third-order valence-electron chi connectivity index (χ3n) is 4.35. The zero-order valence-corrected chi connectivity index (χ0v) is 17.0. The molecule has 0 saturated carbocycles. The van der Waals surface area contributed by atoms with E-state index >= 15 is 0 Å². The third kappa shape index (κ3) is 3.81. The topological polar surface area (TPSA) is 90.6 Å². The van der Waals surface area contributed by atoms with Crippen LogP contribution < -0.4 is 14.8 Å². The van der Waals surface area contributed by atoms with Gasteiger partial charge in [-0.05, 0) is 35.9 Å². The number of carbonyl (C=O) groups is 1. The van der Waals surface area contributed by atoms with Gasteiger partial charge in [-0.1, -0.05) is 23.9 Å². The molecule has 1 N–H and O–H groups in total. The van der Waals surface area contributed by atoms with Crippen LogP contribution in [0.4, 0.5) is 5.69 Å². The molecule has 0 radical (unpaired) electrons. The minimum atomic E-state index is -0.1000. The minimum Gasteiger partial charge on any atom is -0.493 e. The van der Waals surface area contributed by atoms with Crippen LogP contribution in [-0.4, -0.2) is 46.5 Å². The maximum Gasteiger partial charge on any atom is 0.221 e. The number of fused-ring (bicyclic) bond motifs is 1. The van der Waals surface area contributed by atoms with Gasteiger partial charge < -0.3 is 14.8 Å². The summed E-state index contributed by atoms with van der Waals surface area (Å²) in [6.45, 7) is 1.49. The number of carbonyl (C=O) groups excluding carboxylic acids is 1. The fraction of sp³-hybridized carbons (Fsp3) is 0.200. The van der Waals surface area contributed by atoms with Gasteiger partial charge in [-0.3, -0.25) is 4.79 Å². The summed E-state index contributed by atoms with van der Waals surface area (Å²) in [6, 6.07) is 13.2. The molecule has 0 aliphatic carbocycles. The van der Waals surface area contributed by atoms with E-state index in [4.69, 9.17) is 14.6 Å². The molecule has 148 valence electrons. The molecular weight excluding hydrogens is 390 g/mol. The van der Waals surface area contributed by atoms with Crippen LogP contribution in [0.15, 0.2) is 52.7 Å². The predicted octanol–water partition coefficient (Wildman–Crippen LogP) is 3.28. The normalized spacial score (nSPS) is 12.7. The summed E-state index contributed by atoms with van der Waals surface area (Å²) in [5.41, 5.74) is 3.46. The molecule has 2 heterocycles. The first kappa shape index (κ1) is 19.0. The highest BCUT2D eigenvalue weighted by atomic mass is 32.2. The van der Waals surface area contributed by atoms with E-state index in [1.54, 1.807) is 30.7 Å². The molecule has 0 fully saturated rings. The summed E-state index contributed by atoms with van der Waals surface area (Å²) in [5.74, 6) is 2.47. The average molecular weight is 409 g/mol. The Hall–Kier alpha value is -3.33. The van der Waals surface area contributed by atoms with Crippen LogP contribution >= 0.6 is 11.8 Å². The summed E-state index contributed by atoms with van der Waals surface area (Å²) < 4.78 is 12.4. The molecular formula is C20H19N5O3S. The number of amides is 1. The highest BCUT2D eigenvalue weighted by Gasteiger charge is 2.21. The summed E-state index contributed by atoms with van der Waals surface area (Å²) in [4.78, 5) is 11.2. The van der Waals surface area contributed by atoms with E-state index in [1.807, 2.05) is 42.5 Å². The summed E-state index contributed by atoms with van der Waals surface area (Å²) in [6.07, 6.45) is 0.